The Kier molecular flexibility index (Phi) is 5.45. The quantitative estimate of drug-likeness (QED) is 0.710. The molecular formula is C23H26N2O2. The summed E-state index contributed by atoms with van der Waals surface area (Å²) >= 11 is 0. The van der Waals surface area contributed by atoms with E-state index < -0.39 is 0 Å². The number of pyridine rings is 1. The summed E-state index contributed by atoms with van der Waals surface area (Å²) in [5.74, 6) is 0.0370. The van der Waals surface area contributed by atoms with Gasteiger partial charge in [0.05, 0.1) is 12.1 Å². The second-order valence-electron chi connectivity index (χ2n) is 7.11. The molecule has 0 unspecified atom stereocenters. The van der Waals surface area contributed by atoms with Crippen LogP contribution in [0, 0.1) is 20.8 Å². The predicted octanol–water partition coefficient (Wildman–Crippen LogP) is 4.79. The maximum Gasteiger partial charge on any atom is 0.253 e. The first-order chi connectivity index (χ1) is 12.9. The van der Waals surface area contributed by atoms with Crippen molar-refractivity contribution in [2.75, 3.05) is 4.90 Å². The van der Waals surface area contributed by atoms with Gasteiger partial charge in [-0.25, -0.2) is 0 Å². The van der Waals surface area contributed by atoms with Gasteiger partial charge in [-0.1, -0.05) is 37.3 Å². The number of aryl methyl sites for hydroxylation is 2. The molecule has 1 aromatic heterocycles. The molecule has 2 aromatic carbocycles. The van der Waals surface area contributed by atoms with Crippen molar-refractivity contribution in [1.82, 2.24) is 4.98 Å². The Labute approximate surface area is 159 Å². The molecule has 0 spiro atoms. The average Bonchev–Trinajstić information content (AvgIpc) is 2.63. The number of para-hydroxylation sites is 1. The lowest BCUT2D eigenvalue weighted by Crippen LogP contribution is -2.33. The normalized spacial score (nSPS) is 11.0. The van der Waals surface area contributed by atoms with Gasteiger partial charge in [0.15, 0.2) is 0 Å². The Bertz CT molecular complexity index is 1050. The Hall–Kier alpha value is -2.88. The zero-order chi connectivity index (χ0) is 19.6. The molecular weight excluding hydrogens is 336 g/mol. The maximum absolute atomic E-state index is 12.9. The molecule has 0 bridgehead atoms. The van der Waals surface area contributed by atoms with E-state index in [4.69, 9.17) is 0 Å². The van der Waals surface area contributed by atoms with Crippen molar-refractivity contribution < 1.29 is 4.79 Å². The van der Waals surface area contributed by atoms with Crippen LogP contribution in [-0.4, -0.2) is 10.9 Å². The van der Waals surface area contributed by atoms with Crippen LogP contribution in [0.5, 0.6) is 0 Å². The fourth-order valence-electron chi connectivity index (χ4n) is 3.40. The summed E-state index contributed by atoms with van der Waals surface area (Å²) in [6.07, 6.45) is 1.23. The van der Waals surface area contributed by atoms with Crippen LogP contribution in [0.15, 0.2) is 47.3 Å². The first kappa shape index (κ1) is 18.9. The van der Waals surface area contributed by atoms with E-state index in [0.29, 0.717) is 12.0 Å². The zero-order valence-electron chi connectivity index (χ0n) is 16.4. The number of aromatic nitrogens is 1. The molecule has 0 saturated heterocycles. The second kappa shape index (κ2) is 7.78. The van der Waals surface area contributed by atoms with Gasteiger partial charge in [0.2, 0.25) is 5.91 Å². The minimum Gasteiger partial charge on any atom is -0.321 e. The van der Waals surface area contributed by atoms with Gasteiger partial charge in [0.25, 0.3) is 5.56 Å². The van der Waals surface area contributed by atoms with Crippen LogP contribution in [0.2, 0.25) is 0 Å². The number of nitrogens with one attached hydrogen (secondary N) is 1. The highest BCUT2D eigenvalue weighted by Crippen LogP contribution is 2.26. The summed E-state index contributed by atoms with van der Waals surface area (Å²) in [6, 6.07) is 13.8. The largest absolute Gasteiger partial charge is 0.321 e. The first-order valence-electron chi connectivity index (χ1n) is 9.40. The molecule has 3 rings (SSSR count). The molecule has 0 atom stereocenters. The Morgan fingerprint density at radius 3 is 2.48 bits per heavy atom. The van der Waals surface area contributed by atoms with E-state index in [-0.39, 0.29) is 18.0 Å². The lowest BCUT2D eigenvalue weighted by atomic mass is 10.1. The zero-order valence-corrected chi connectivity index (χ0v) is 16.4. The van der Waals surface area contributed by atoms with Gasteiger partial charge in [-0.05, 0) is 61.4 Å². The van der Waals surface area contributed by atoms with Gasteiger partial charge < -0.3 is 9.88 Å². The Morgan fingerprint density at radius 2 is 1.74 bits per heavy atom. The van der Waals surface area contributed by atoms with Crippen molar-refractivity contribution in [3.05, 3.63) is 75.1 Å². The van der Waals surface area contributed by atoms with Crippen LogP contribution >= 0.6 is 0 Å². The number of H-pyrrole nitrogens is 1. The molecule has 1 amide bonds. The number of carbonyl (C=O) groups is 1. The van der Waals surface area contributed by atoms with Crippen LogP contribution in [0.3, 0.4) is 0 Å². The number of carbonyl (C=O) groups excluding carboxylic acids is 1. The summed E-state index contributed by atoms with van der Waals surface area (Å²) in [6.45, 7) is 8.29. The monoisotopic (exact) mass is 362 g/mol. The number of fused-ring (bicyclic) bond motifs is 1. The molecule has 0 aliphatic heterocycles. The number of hydrogen-bond acceptors (Lipinski definition) is 2. The fraction of sp³-hybridized carbons (Fsp3) is 0.304. The molecule has 1 N–H and O–H groups in total. The number of hydrogen-bond donors (Lipinski definition) is 1. The van der Waals surface area contributed by atoms with E-state index in [2.05, 4.69) is 4.98 Å². The summed E-state index contributed by atoms with van der Waals surface area (Å²) in [4.78, 5) is 30.3. The number of amides is 1. The molecule has 0 radical (unpaired) electrons. The Balaban J connectivity index is 2.08. The molecule has 4 heteroatoms. The smallest absolute Gasteiger partial charge is 0.253 e. The van der Waals surface area contributed by atoms with Crippen molar-refractivity contribution in [1.29, 1.82) is 0 Å². The number of rotatable bonds is 5. The number of anilines is 1. The van der Waals surface area contributed by atoms with E-state index in [0.717, 1.165) is 39.7 Å². The molecule has 3 aromatic rings. The molecule has 1 heterocycles. The standard InChI is InChI=1S/C23H26N2O2/c1-5-8-21(26)25(20-12-7-9-15(2)17(20)4)14-19-13-18-11-6-10-16(3)22(18)24-23(19)27/h6-7,9-13H,5,8,14H2,1-4H3,(H,24,27). The summed E-state index contributed by atoms with van der Waals surface area (Å²) in [5, 5.41) is 0.980. The van der Waals surface area contributed by atoms with Crippen LogP contribution < -0.4 is 10.5 Å². The van der Waals surface area contributed by atoms with Gasteiger partial charge in [-0.2, -0.15) is 0 Å². The number of benzene rings is 2. The maximum atomic E-state index is 12.9. The van der Waals surface area contributed by atoms with Crippen LogP contribution in [0.1, 0.15) is 42.0 Å². The van der Waals surface area contributed by atoms with Crippen LogP contribution in [-0.2, 0) is 11.3 Å². The van der Waals surface area contributed by atoms with Gasteiger partial charge in [-0.15, -0.1) is 0 Å². The summed E-state index contributed by atoms with van der Waals surface area (Å²) in [5.41, 5.74) is 5.40. The fourth-order valence-corrected chi connectivity index (χ4v) is 3.40. The molecule has 4 nitrogen and oxygen atoms in total. The van der Waals surface area contributed by atoms with Crippen molar-refractivity contribution in [2.24, 2.45) is 0 Å². The molecule has 140 valence electrons. The minimum atomic E-state index is -0.142. The van der Waals surface area contributed by atoms with Gasteiger partial charge in [-0.3, -0.25) is 9.59 Å². The summed E-state index contributed by atoms with van der Waals surface area (Å²) < 4.78 is 0. The number of aromatic amines is 1. The van der Waals surface area contributed by atoms with E-state index in [9.17, 15) is 9.59 Å². The molecule has 0 fully saturated rings. The molecule has 27 heavy (non-hydrogen) atoms. The van der Waals surface area contributed by atoms with Crippen molar-refractivity contribution in [3.8, 4) is 0 Å². The van der Waals surface area contributed by atoms with Crippen molar-refractivity contribution in [2.45, 2.75) is 47.1 Å². The van der Waals surface area contributed by atoms with Crippen LogP contribution in [0.4, 0.5) is 5.69 Å². The Morgan fingerprint density at radius 1 is 1.04 bits per heavy atom. The van der Waals surface area contributed by atoms with Gasteiger partial charge in [0.1, 0.15) is 0 Å². The van der Waals surface area contributed by atoms with Crippen molar-refractivity contribution >= 4 is 22.5 Å². The topological polar surface area (TPSA) is 53.2 Å². The molecule has 0 aliphatic rings. The minimum absolute atomic E-state index is 0.0370. The summed E-state index contributed by atoms with van der Waals surface area (Å²) in [7, 11) is 0. The second-order valence-corrected chi connectivity index (χ2v) is 7.11. The van der Waals surface area contributed by atoms with Crippen LogP contribution in [0.25, 0.3) is 10.9 Å². The highest BCUT2D eigenvalue weighted by Gasteiger charge is 2.19. The number of nitrogens with zero attached hydrogens (tertiary/aromatic N) is 1. The lowest BCUT2D eigenvalue weighted by Gasteiger charge is -2.25. The first-order valence-corrected chi connectivity index (χ1v) is 9.40. The highest BCUT2D eigenvalue weighted by molar-refractivity contribution is 5.94. The third-order valence-corrected chi connectivity index (χ3v) is 5.13. The predicted molar refractivity (Wildman–Crippen MR) is 111 cm³/mol. The van der Waals surface area contributed by atoms with Gasteiger partial charge in [0, 0.05) is 17.7 Å². The third-order valence-electron chi connectivity index (χ3n) is 5.13. The molecule has 0 aliphatic carbocycles. The highest BCUT2D eigenvalue weighted by atomic mass is 16.2. The third kappa shape index (κ3) is 3.80. The lowest BCUT2D eigenvalue weighted by molar-refractivity contribution is -0.118. The molecule has 0 saturated carbocycles. The van der Waals surface area contributed by atoms with E-state index >= 15 is 0 Å². The SMILES string of the molecule is CCCC(=O)N(Cc1cc2cccc(C)c2[nH]c1=O)c1cccc(C)c1C. The van der Waals surface area contributed by atoms with Crippen molar-refractivity contribution in [3.63, 3.8) is 0 Å². The average molecular weight is 362 g/mol. The van der Waals surface area contributed by atoms with Gasteiger partial charge >= 0.3 is 0 Å². The van der Waals surface area contributed by atoms with E-state index in [1.165, 1.54) is 0 Å². The van der Waals surface area contributed by atoms with E-state index in [1.54, 1.807) is 4.90 Å². The van der Waals surface area contributed by atoms with E-state index in [1.807, 2.05) is 70.2 Å².